The first-order chi connectivity index (χ1) is 12.9. The molecule has 2 aromatic rings. The Hall–Kier alpha value is 3.27. The van der Waals surface area contributed by atoms with Crippen molar-refractivity contribution in [3.8, 4) is 17.2 Å². The first-order valence-corrected chi connectivity index (χ1v) is 15.6. The van der Waals surface area contributed by atoms with Crippen molar-refractivity contribution in [2.24, 2.45) is 5.73 Å². The summed E-state index contributed by atoms with van der Waals surface area (Å²) < 4.78 is 13.2. The number of phenols is 1. The van der Waals surface area contributed by atoms with Crippen LogP contribution in [-0.4, -0.2) is 27.7 Å². The Morgan fingerprint density at radius 3 is 1.48 bits per heavy atom. The molecule has 0 aliphatic rings. The maximum atomic E-state index is 11.2. The number of ether oxygens (including phenoxy) is 1. The van der Waals surface area contributed by atoms with E-state index in [0.29, 0.717) is 5.75 Å². The first-order valence-electron chi connectivity index (χ1n) is 6.96. The van der Waals surface area contributed by atoms with E-state index in [1.165, 1.54) is 0 Å². The number of aliphatic carboxylic acids is 1. The summed E-state index contributed by atoms with van der Waals surface area (Å²) in [5.74, 6) is 0.657. The summed E-state index contributed by atoms with van der Waals surface area (Å²) in [5.41, 5.74) is 6.68. The number of benzene rings is 2. The van der Waals surface area contributed by atoms with Crippen LogP contribution in [0, 0.1) is 28.6 Å². The van der Waals surface area contributed by atoms with E-state index in [-0.39, 0.29) is 17.6 Å². The van der Waals surface area contributed by atoms with E-state index in [1.54, 1.807) is 0 Å². The molecule has 0 fully saturated rings. The lowest BCUT2D eigenvalue weighted by molar-refractivity contribution is -0.138. The Morgan fingerprint density at radius 2 is 1.14 bits per heavy atom. The van der Waals surface area contributed by atoms with Gasteiger partial charge in [0.25, 0.3) is 0 Å². The van der Waals surface area contributed by atoms with E-state index < -0.39 is 12.0 Å². The van der Waals surface area contributed by atoms with Crippen molar-refractivity contribution in [3.05, 3.63) is 34.1 Å². The van der Waals surface area contributed by atoms with E-state index >= 15 is 0 Å². The van der Waals surface area contributed by atoms with E-state index in [0.717, 1.165) is 39.9 Å². The highest BCUT2D eigenvalue weighted by atomic mass is 127. The number of rotatable bonds is 5. The molecule has 0 saturated carbocycles. The molecule has 6 N–H and O–H groups in total. The van der Waals surface area contributed by atoms with Gasteiger partial charge in [-0.2, -0.15) is 0 Å². The second kappa shape index (κ2) is 12.8. The minimum Gasteiger partial charge on any atom is -0.506 e. The average Bonchev–Trinajstić information content (AvgIpc) is 2.65. The molecular formula is C15H9I8NO5. The van der Waals surface area contributed by atoms with E-state index in [9.17, 15) is 9.90 Å². The van der Waals surface area contributed by atoms with Crippen molar-refractivity contribution >= 4 is 187 Å². The molecule has 0 saturated heterocycles. The summed E-state index contributed by atoms with van der Waals surface area (Å²) in [6.07, 6.45) is 0.252. The van der Waals surface area contributed by atoms with E-state index in [1.807, 2.05) is 0 Å². The molecule has 160 valence electrons. The summed E-state index contributed by atoms with van der Waals surface area (Å²) in [6, 6.07) is -0.956. The molecule has 0 bridgehead atoms. The van der Waals surface area contributed by atoms with E-state index in [2.05, 4.69) is 181 Å². The lowest BCUT2D eigenvalue weighted by Gasteiger charge is -2.20. The zero-order chi connectivity index (χ0) is 21.5. The molecule has 0 radical (unpaired) electrons. The zero-order valence-electron chi connectivity index (χ0n) is 13.6. The third kappa shape index (κ3) is 6.69. The highest BCUT2D eigenvalue weighted by Gasteiger charge is 2.26. The molecule has 0 aliphatic carbocycles. The van der Waals surface area contributed by atoms with Crippen molar-refractivity contribution in [1.82, 2.24) is 0 Å². The topological polar surface area (TPSA) is 124 Å². The summed E-state index contributed by atoms with van der Waals surface area (Å²) in [5, 5.41) is 19.4. The van der Waals surface area contributed by atoms with Gasteiger partial charge in [-0.3, -0.25) is 4.79 Å². The zero-order valence-corrected chi connectivity index (χ0v) is 30.9. The fourth-order valence-electron chi connectivity index (χ4n) is 2.02. The number of hydrogen-bond donors (Lipinski definition) is 3. The maximum Gasteiger partial charge on any atom is 0.320 e. The van der Waals surface area contributed by atoms with Crippen LogP contribution in [0.25, 0.3) is 0 Å². The number of carbonyl (C=O) groups is 1. The molecule has 29 heavy (non-hydrogen) atoms. The smallest absolute Gasteiger partial charge is 0.320 e. The number of phenolic OH excluding ortho intramolecular Hbond substituents is 1. The van der Waals surface area contributed by atoms with Gasteiger partial charge in [0.2, 0.25) is 0 Å². The third-order valence-electron chi connectivity index (χ3n) is 3.46. The molecule has 0 heterocycles. The molecule has 0 unspecified atom stereocenters. The normalized spacial score (nSPS) is 11.8. The predicted octanol–water partition coefficient (Wildman–Crippen LogP) is 6.15. The third-order valence-corrected chi connectivity index (χ3v) is 16.2. The van der Waals surface area contributed by atoms with Gasteiger partial charge in [0.1, 0.15) is 11.8 Å². The average molecular weight is 1300 g/mol. The molecule has 0 aliphatic heterocycles. The molecule has 2 rings (SSSR count). The monoisotopic (exact) mass is 1300 g/mol. The van der Waals surface area contributed by atoms with Gasteiger partial charge in [-0.05, 0) is 186 Å². The quantitative estimate of drug-likeness (QED) is 0.245. The van der Waals surface area contributed by atoms with Crippen LogP contribution < -0.4 is 10.5 Å². The second-order valence-electron chi connectivity index (χ2n) is 5.25. The minimum absolute atomic E-state index is 0. The summed E-state index contributed by atoms with van der Waals surface area (Å²) in [4.78, 5) is 11.2. The Bertz CT molecular complexity index is 926. The highest BCUT2D eigenvalue weighted by Crippen LogP contribution is 2.46. The van der Waals surface area contributed by atoms with Crippen LogP contribution in [0.15, 0.2) is 0 Å². The lowest BCUT2D eigenvalue weighted by Crippen LogP contribution is -2.33. The van der Waals surface area contributed by atoms with Crippen LogP contribution in [0.2, 0.25) is 0 Å². The molecule has 0 spiro atoms. The Morgan fingerprint density at radius 1 is 0.793 bits per heavy atom. The van der Waals surface area contributed by atoms with Gasteiger partial charge in [0.15, 0.2) is 11.5 Å². The standard InChI is InChI=1S/C15H7I8NO4.H2O/c16-4-2(1-3(24)15(26)27)5(17)9(21)13(8(4)20)28-14-10(22)6(18)12(25)7(19)11(14)23;/h3,25H,1,24H2,(H,26,27);1H2/t3-;/m0./s1. The van der Waals surface area contributed by atoms with Crippen molar-refractivity contribution in [3.63, 3.8) is 0 Å². The Labute approximate surface area is 275 Å². The largest absolute Gasteiger partial charge is 0.506 e. The predicted molar refractivity (Wildman–Crippen MR) is 179 cm³/mol. The molecule has 0 aromatic heterocycles. The fourth-order valence-corrected chi connectivity index (χ4v) is 9.27. The van der Waals surface area contributed by atoms with Gasteiger partial charge in [-0.25, -0.2) is 0 Å². The number of carboxylic acid groups (broad SMARTS) is 1. The van der Waals surface area contributed by atoms with Crippen molar-refractivity contribution in [1.29, 1.82) is 0 Å². The van der Waals surface area contributed by atoms with Crippen molar-refractivity contribution in [2.75, 3.05) is 0 Å². The maximum absolute atomic E-state index is 11.2. The van der Waals surface area contributed by atoms with Gasteiger partial charge in [-0.15, -0.1) is 0 Å². The molecule has 1 atom stereocenters. The van der Waals surface area contributed by atoms with Crippen molar-refractivity contribution < 1.29 is 25.2 Å². The van der Waals surface area contributed by atoms with Crippen LogP contribution >= 0.6 is 181 Å². The van der Waals surface area contributed by atoms with Crippen LogP contribution in [0.4, 0.5) is 0 Å². The summed E-state index contributed by atoms with van der Waals surface area (Å²) in [7, 11) is 0. The van der Waals surface area contributed by atoms with Crippen LogP contribution in [0.5, 0.6) is 17.2 Å². The van der Waals surface area contributed by atoms with Gasteiger partial charge < -0.3 is 26.2 Å². The number of halogens is 8. The molecule has 14 heteroatoms. The minimum atomic E-state index is -1.02. The van der Waals surface area contributed by atoms with E-state index in [4.69, 9.17) is 15.6 Å². The number of hydrogen-bond acceptors (Lipinski definition) is 4. The SMILES string of the molecule is N[C@@H](Cc1c(I)c(I)c(Oc2c(I)c(I)c(O)c(I)c2I)c(I)c1I)C(=O)O.O. The van der Waals surface area contributed by atoms with Gasteiger partial charge >= 0.3 is 5.97 Å². The molecule has 6 nitrogen and oxygen atoms in total. The Kier molecular flexibility index (Phi) is 13.4. The highest BCUT2D eigenvalue weighted by molar-refractivity contribution is 14.1. The van der Waals surface area contributed by atoms with Crippen molar-refractivity contribution in [2.45, 2.75) is 12.5 Å². The van der Waals surface area contributed by atoms with Gasteiger partial charge in [-0.1, -0.05) is 0 Å². The molecule has 2 aromatic carbocycles. The fraction of sp³-hybridized carbons (Fsp3) is 0.133. The van der Waals surface area contributed by atoms with Crippen LogP contribution in [0.3, 0.4) is 0 Å². The Balaban J connectivity index is 0.00000420. The van der Waals surface area contributed by atoms with Gasteiger partial charge in [0.05, 0.1) is 21.4 Å². The molecular weight excluding hydrogens is 1290 g/mol. The lowest BCUT2D eigenvalue weighted by atomic mass is 10.1. The summed E-state index contributed by atoms with van der Waals surface area (Å²) >= 11 is 17.5. The van der Waals surface area contributed by atoms with Crippen LogP contribution in [-0.2, 0) is 11.2 Å². The summed E-state index contributed by atoms with van der Waals surface area (Å²) in [6.45, 7) is 0. The molecule has 0 amide bonds. The number of aromatic hydroxyl groups is 1. The number of nitrogens with two attached hydrogens (primary N) is 1. The second-order valence-corrected chi connectivity index (χ2v) is 13.9. The first kappa shape index (κ1) is 30.3. The van der Waals surface area contributed by atoms with Crippen LogP contribution in [0.1, 0.15) is 5.56 Å². The van der Waals surface area contributed by atoms with Gasteiger partial charge in [0, 0.05) is 13.6 Å². The number of carboxylic acids is 1.